The zero-order chi connectivity index (χ0) is 24.1. The molecule has 1 N–H and O–H groups in total. The van der Waals surface area contributed by atoms with Gasteiger partial charge in [-0.25, -0.2) is 4.39 Å². The van der Waals surface area contributed by atoms with Gasteiger partial charge in [-0.1, -0.05) is 52.3 Å². The third-order valence-corrected chi connectivity index (χ3v) is 6.49. The standard InChI is InChI=1S/C28H31BrFNO3/c1-4-31-22-12-13-25-23(17-22)26(32-15-14-19-8-6-5-7-9-19)27(28(2,3)34-25)33-18-20-10-11-21(29)16-24(20)30/h5-13,16-17,26-27,31H,4,14-15,18H2,1-3H3. The fourth-order valence-corrected chi connectivity index (χ4v) is 4.61. The molecule has 4 rings (SSSR count). The molecule has 4 nitrogen and oxygen atoms in total. The smallest absolute Gasteiger partial charge is 0.132 e. The Bertz CT molecular complexity index is 1110. The Morgan fingerprint density at radius 3 is 2.56 bits per heavy atom. The van der Waals surface area contributed by atoms with Gasteiger partial charge in [0.1, 0.15) is 29.4 Å². The molecule has 1 aliphatic rings. The van der Waals surface area contributed by atoms with Crippen LogP contribution >= 0.6 is 15.9 Å². The minimum Gasteiger partial charge on any atom is -0.485 e. The van der Waals surface area contributed by atoms with E-state index in [2.05, 4.69) is 46.4 Å². The van der Waals surface area contributed by atoms with Crippen LogP contribution in [0.5, 0.6) is 5.75 Å². The second-order valence-corrected chi connectivity index (χ2v) is 9.90. The Balaban J connectivity index is 1.60. The summed E-state index contributed by atoms with van der Waals surface area (Å²) in [5, 5.41) is 3.36. The molecule has 0 aliphatic carbocycles. The summed E-state index contributed by atoms with van der Waals surface area (Å²) in [4.78, 5) is 0. The zero-order valence-corrected chi connectivity index (χ0v) is 21.4. The van der Waals surface area contributed by atoms with E-state index in [0.29, 0.717) is 16.6 Å². The largest absolute Gasteiger partial charge is 0.485 e. The van der Waals surface area contributed by atoms with E-state index < -0.39 is 11.7 Å². The summed E-state index contributed by atoms with van der Waals surface area (Å²) >= 11 is 3.31. The minimum absolute atomic E-state index is 0.122. The minimum atomic E-state index is -0.671. The van der Waals surface area contributed by atoms with Gasteiger partial charge < -0.3 is 19.5 Å². The van der Waals surface area contributed by atoms with Crippen molar-refractivity contribution in [2.75, 3.05) is 18.5 Å². The van der Waals surface area contributed by atoms with Crippen LogP contribution in [0, 0.1) is 5.82 Å². The highest BCUT2D eigenvalue weighted by atomic mass is 79.9. The molecule has 3 aromatic carbocycles. The van der Waals surface area contributed by atoms with Crippen molar-refractivity contribution in [2.24, 2.45) is 0 Å². The maximum absolute atomic E-state index is 14.5. The zero-order valence-electron chi connectivity index (χ0n) is 19.8. The molecule has 1 heterocycles. The van der Waals surface area contributed by atoms with Gasteiger partial charge in [0.05, 0.1) is 13.2 Å². The van der Waals surface area contributed by atoms with E-state index in [1.807, 2.05) is 50.2 Å². The second kappa shape index (κ2) is 10.9. The highest BCUT2D eigenvalue weighted by molar-refractivity contribution is 9.10. The highest BCUT2D eigenvalue weighted by Gasteiger charge is 2.45. The molecule has 1 aliphatic heterocycles. The molecule has 0 bridgehead atoms. The molecule has 6 heteroatoms. The summed E-state index contributed by atoms with van der Waals surface area (Å²) in [6.45, 7) is 7.51. The second-order valence-electron chi connectivity index (χ2n) is 8.98. The van der Waals surface area contributed by atoms with Crippen molar-refractivity contribution in [1.29, 1.82) is 0 Å². The van der Waals surface area contributed by atoms with Crippen molar-refractivity contribution in [1.82, 2.24) is 0 Å². The van der Waals surface area contributed by atoms with E-state index in [0.717, 1.165) is 30.0 Å². The Labute approximate surface area is 209 Å². The van der Waals surface area contributed by atoms with Crippen molar-refractivity contribution in [3.63, 3.8) is 0 Å². The summed E-state index contributed by atoms with van der Waals surface area (Å²) in [5.41, 5.74) is 2.97. The van der Waals surface area contributed by atoms with E-state index in [4.69, 9.17) is 14.2 Å². The van der Waals surface area contributed by atoms with Crippen molar-refractivity contribution >= 4 is 21.6 Å². The fraction of sp³-hybridized carbons (Fsp3) is 0.357. The van der Waals surface area contributed by atoms with Crippen LogP contribution in [0.4, 0.5) is 10.1 Å². The molecule has 180 valence electrons. The van der Waals surface area contributed by atoms with Crippen LogP contribution in [0.3, 0.4) is 0 Å². The van der Waals surface area contributed by atoms with Crippen LogP contribution in [-0.4, -0.2) is 24.9 Å². The van der Waals surface area contributed by atoms with Crippen molar-refractivity contribution in [3.05, 3.63) is 93.7 Å². The van der Waals surface area contributed by atoms with Gasteiger partial charge in [-0.15, -0.1) is 0 Å². The van der Waals surface area contributed by atoms with E-state index in [-0.39, 0.29) is 18.5 Å². The van der Waals surface area contributed by atoms with Crippen LogP contribution in [0.25, 0.3) is 0 Å². The Hall–Kier alpha value is -2.41. The van der Waals surface area contributed by atoms with Gasteiger partial charge in [0, 0.05) is 27.8 Å². The molecule has 0 radical (unpaired) electrons. The number of fused-ring (bicyclic) bond motifs is 1. The van der Waals surface area contributed by atoms with Crippen molar-refractivity contribution in [3.8, 4) is 5.75 Å². The fourth-order valence-electron chi connectivity index (χ4n) is 4.28. The number of halogens is 2. The van der Waals surface area contributed by atoms with Gasteiger partial charge in [-0.3, -0.25) is 0 Å². The van der Waals surface area contributed by atoms with Gasteiger partial charge in [0.25, 0.3) is 0 Å². The van der Waals surface area contributed by atoms with Crippen LogP contribution in [0.2, 0.25) is 0 Å². The van der Waals surface area contributed by atoms with E-state index in [1.54, 1.807) is 6.07 Å². The molecule has 0 fully saturated rings. The Morgan fingerprint density at radius 1 is 1.03 bits per heavy atom. The number of hydrogen-bond acceptors (Lipinski definition) is 4. The summed E-state index contributed by atoms with van der Waals surface area (Å²) in [6.07, 6.45) is -0.00941. The van der Waals surface area contributed by atoms with Gasteiger partial charge >= 0.3 is 0 Å². The average Bonchev–Trinajstić information content (AvgIpc) is 2.80. The third-order valence-electron chi connectivity index (χ3n) is 5.99. The normalized spacial score (nSPS) is 18.7. The van der Waals surface area contributed by atoms with E-state index >= 15 is 0 Å². The van der Waals surface area contributed by atoms with Gasteiger partial charge in [0.2, 0.25) is 0 Å². The lowest BCUT2D eigenvalue weighted by atomic mass is 9.87. The SMILES string of the molecule is CCNc1ccc2c(c1)C(OCCc1ccccc1)C(OCc1ccc(Br)cc1F)C(C)(C)O2. The quantitative estimate of drug-likeness (QED) is 0.322. The molecular weight excluding hydrogens is 497 g/mol. The molecule has 2 unspecified atom stereocenters. The van der Waals surface area contributed by atoms with Crippen LogP contribution in [-0.2, 0) is 22.5 Å². The first kappa shape index (κ1) is 24.7. The molecule has 0 amide bonds. The monoisotopic (exact) mass is 527 g/mol. The van der Waals surface area contributed by atoms with E-state index in [9.17, 15) is 4.39 Å². The maximum Gasteiger partial charge on any atom is 0.132 e. The molecule has 0 spiro atoms. The molecule has 0 saturated carbocycles. The average molecular weight is 528 g/mol. The van der Waals surface area contributed by atoms with Crippen LogP contribution in [0.1, 0.15) is 43.6 Å². The molecule has 2 atom stereocenters. The topological polar surface area (TPSA) is 39.7 Å². The Kier molecular flexibility index (Phi) is 7.91. The predicted octanol–water partition coefficient (Wildman–Crippen LogP) is 7.08. The lowest BCUT2D eigenvalue weighted by Gasteiger charge is -2.44. The molecule has 0 aromatic heterocycles. The molecular formula is C28H31BrFNO3. The molecule has 0 saturated heterocycles. The molecule has 34 heavy (non-hydrogen) atoms. The summed E-state index contributed by atoms with van der Waals surface area (Å²) in [7, 11) is 0. The van der Waals surface area contributed by atoms with E-state index in [1.165, 1.54) is 11.6 Å². The number of nitrogens with one attached hydrogen (secondary N) is 1. The lowest BCUT2D eigenvalue weighted by molar-refractivity contribution is -0.167. The van der Waals surface area contributed by atoms with Gasteiger partial charge in [-0.2, -0.15) is 0 Å². The number of benzene rings is 3. The highest BCUT2D eigenvalue weighted by Crippen LogP contribution is 2.44. The summed E-state index contributed by atoms with van der Waals surface area (Å²) < 4.78 is 34.4. The lowest BCUT2D eigenvalue weighted by Crippen LogP contribution is -2.51. The van der Waals surface area contributed by atoms with Crippen LogP contribution < -0.4 is 10.1 Å². The van der Waals surface area contributed by atoms with Crippen molar-refractivity contribution < 1.29 is 18.6 Å². The summed E-state index contributed by atoms with van der Waals surface area (Å²) in [6, 6.07) is 21.3. The first-order valence-corrected chi connectivity index (χ1v) is 12.4. The van der Waals surface area contributed by atoms with Crippen LogP contribution in [0.15, 0.2) is 71.2 Å². The number of hydrogen-bond donors (Lipinski definition) is 1. The first-order valence-electron chi connectivity index (χ1n) is 11.7. The predicted molar refractivity (Wildman–Crippen MR) is 137 cm³/mol. The maximum atomic E-state index is 14.5. The number of rotatable bonds is 9. The number of anilines is 1. The Morgan fingerprint density at radius 2 is 1.82 bits per heavy atom. The first-order chi connectivity index (χ1) is 16.4. The third kappa shape index (κ3) is 5.80. The van der Waals surface area contributed by atoms with Gasteiger partial charge in [-0.05, 0) is 63.1 Å². The van der Waals surface area contributed by atoms with Gasteiger partial charge in [0.15, 0.2) is 0 Å². The summed E-state index contributed by atoms with van der Waals surface area (Å²) in [5.74, 6) is 0.478. The van der Waals surface area contributed by atoms with Crippen molar-refractivity contribution in [2.45, 2.75) is 51.6 Å². The number of ether oxygens (including phenoxy) is 3. The molecule has 3 aromatic rings.